The number of nitrogens with zero attached hydrogens (tertiary/aromatic N) is 4. The zero-order chi connectivity index (χ0) is 17.8. The maximum atomic E-state index is 13.6. The quantitative estimate of drug-likeness (QED) is 0.854. The first-order valence-corrected chi connectivity index (χ1v) is 8.42. The van der Waals surface area contributed by atoms with Crippen molar-refractivity contribution in [2.45, 2.75) is 6.04 Å². The van der Waals surface area contributed by atoms with E-state index in [4.69, 9.17) is 0 Å². The average Bonchev–Trinajstić information content (AvgIpc) is 2.62. The summed E-state index contributed by atoms with van der Waals surface area (Å²) in [4.78, 5) is 23.0. The van der Waals surface area contributed by atoms with Gasteiger partial charge in [-0.25, -0.2) is 4.39 Å². The molecule has 1 aromatic heterocycles. The van der Waals surface area contributed by atoms with Crippen LogP contribution in [0.4, 0.5) is 10.1 Å². The molecule has 1 saturated heterocycles. The van der Waals surface area contributed by atoms with Crippen LogP contribution in [-0.4, -0.2) is 61.0 Å². The minimum Gasteiger partial charge on any atom is -0.368 e. The van der Waals surface area contributed by atoms with Crippen molar-refractivity contribution in [1.82, 2.24) is 14.8 Å². The molecule has 0 aliphatic carbocycles. The number of piperazine rings is 1. The molecule has 3 rings (SSSR count). The van der Waals surface area contributed by atoms with Crippen molar-refractivity contribution < 1.29 is 9.18 Å². The molecule has 1 aliphatic rings. The first kappa shape index (κ1) is 17.4. The number of hydrogen-bond donors (Lipinski definition) is 0. The second-order valence-electron chi connectivity index (χ2n) is 6.44. The zero-order valence-corrected chi connectivity index (χ0v) is 14.6. The third-order valence-corrected chi connectivity index (χ3v) is 4.53. The summed E-state index contributed by atoms with van der Waals surface area (Å²) in [6, 6.07) is 9.78. The molecular weight excluding hydrogens is 319 g/mol. The Kier molecular flexibility index (Phi) is 5.28. The van der Waals surface area contributed by atoms with Crippen molar-refractivity contribution >= 4 is 11.6 Å². The van der Waals surface area contributed by atoms with Crippen LogP contribution in [0, 0.1) is 5.82 Å². The van der Waals surface area contributed by atoms with Gasteiger partial charge in [0.25, 0.3) is 0 Å². The maximum Gasteiger partial charge on any atom is 0.244 e. The Balaban J connectivity index is 1.70. The Bertz CT molecular complexity index is 714. The third kappa shape index (κ3) is 3.96. The highest BCUT2D eigenvalue weighted by Crippen LogP contribution is 2.23. The number of benzene rings is 1. The van der Waals surface area contributed by atoms with Gasteiger partial charge in [-0.05, 0) is 43.9 Å². The number of amides is 1. The van der Waals surface area contributed by atoms with Crippen LogP contribution in [0.5, 0.6) is 0 Å². The fraction of sp³-hybridized carbons (Fsp3) is 0.368. The smallest absolute Gasteiger partial charge is 0.244 e. The lowest BCUT2D eigenvalue weighted by molar-refractivity contribution is -0.136. The molecule has 0 spiro atoms. The van der Waals surface area contributed by atoms with Gasteiger partial charge in [0.05, 0.1) is 0 Å². The van der Waals surface area contributed by atoms with Gasteiger partial charge in [0, 0.05) is 44.3 Å². The number of pyridine rings is 1. The van der Waals surface area contributed by atoms with E-state index < -0.39 is 6.04 Å². The predicted molar refractivity (Wildman–Crippen MR) is 95.9 cm³/mol. The molecule has 0 radical (unpaired) electrons. The van der Waals surface area contributed by atoms with E-state index in [1.54, 1.807) is 24.5 Å². The minimum absolute atomic E-state index is 0.0185. The van der Waals surface area contributed by atoms with Crippen LogP contribution in [-0.2, 0) is 4.79 Å². The highest BCUT2D eigenvalue weighted by atomic mass is 19.1. The molecule has 6 heteroatoms. The summed E-state index contributed by atoms with van der Waals surface area (Å²) in [6.07, 6.45) is 3.55. The van der Waals surface area contributed by atoms with E-state index in [0.717, 1.165) is 18.8 Å². The first-order valence-electron chi connectivity index (χ1n) is 8.42. The van der Waals surface area contributed by atoms with E-state index in [1.165, 1.54) is 12.1 Å². The van der Waals surface area contributed by atoms with Gasteiger partial charge in [-0.15, -0.1) is 0 Å². The molecule has 2 heterocycles. The molecule has 0 bridgehead atoms. The molecule has 1 atom stereocenters. The Hall–Kier alpha value is -2.47. The van der Waals surface area contributed by atoms with Crippen molar-refractivity contribution in [1.29, 1.82) is 0 Å². The molecule has 0 saturated carbocycles. The van der Waals surface area contributed by atoms with Crippen molar-refractivity contribution in [3.63, 3.8) is 0 Å². The number of rotatable bonds is 4. The van der Waals surface area contributed by atoms with E-state index in [9.17, 15) is 9.18 Å². The standard InChI is InChI=1S/C19H23FN4O/c1-22(2)18(15-4-3-5-16(20)14-15)19(25)24-12-10-23(11-13-24)17-6-8-21-9-7-17/h3-9,14,18H,10-13H2,1-2H3/t18-/m1/s1. The Morgan fingerprint density at radius 2 is 1.80 bits per heavy atom. The van der Waals surface area contributed by atoms with Gasteiger partial charge in [0.1, 0.15) is 11.9 Å². The topological polar surface area (TPSA) is 39.7 Å². The monoisotopic (exact) mass is 342 g/mol. The molecular formula is C19H23FN4O. The SMILES string of the molecule is CN(C)[C@@H](C(=O)N1CCN(c2ccncc2)CC1)c1cccc(F)c1. The van der Waals surface area contributed by atoms with Crippen LogP contribution in [0.1, 0.15) is 11.6 Å². The lowest BCUT2D eigenvalue weighted by atomic mass is 10.0. The van der Waals surface area contributed by atoms with Gasteiger partial charge >= 0.3 is 0 Å². The summed E-state index contributed by atoms with van der Waals surface area (Å²) < 4.78 is 13.6. The van der Waals surface area contributed by atoms with E-state index in [2.05, 4.69) is 9.88 Å². The number of aromatic nitrogens is 1. The van der Waals surface area contributed by atoms with Gasteiger partial charge in [-0.1, -0.05) is 12.1 Å². The van der Waals surface area contributed by atoms with E-state index in [0.29, 0.717) is 18.7 Å². The number of halogens is 1. The van der Waals surface area contributed by atoms with E-state index in [-0.39, 0.29) is 11.7 Å². The van der Waals surface area contributed by atoms with Gasteiger partial charge in [0.2, 0.25) is 5.91 Å². The van der Waals surface area contributed by atoms with E-state index in [1.807, 2.05) is 36.0 Å². The molecule has 1 aromatic carbocycles. The fourth-order valence-corrected chi connectivity index (χ4v) is 3.25. The van der Waals surface area contributed by atoms with Gasteiger partial charge in [-0.3, -0.25) is 14.7 Å². The van der Waals surface area contributed by atoms with Crippen LogP contribution in [0.2, 0.25) is 0 Å². The second-order valence-corrected chi connectivity index (χ2v) is 6.44. The number of anilines is 1. The molecule has 0 N–H and O–H groups in total. The first-order chi connectivity index (χ1) is 12.1. The summed E-state index contributed by atoms with van der Waals surface area (Å²) in [7, 11) is 3.70. The summed E-state index contributed by atoms with van der Waals surface area (Å²) in [6.45, 7) is 2.86. The lowest BCUT2D eigenvalue weighted by Crippen LogP contribution is -2.51. The predicted octanol–water partition coefficient (Wildman–Crippen LogP) is 2.17. The molecule has 1 aliphatic heterocycles. The van der Waals surface area contributed by atoms with Gasteiger partial charge in [0.15, 0.2) is 0 Å². The van der Waals surface area contributed by atoms with Crippen molar-refractivity contribution in [3.05, 3.63) is 60.2 Å². The summed E-state index contributed by atoms with van der Waals surface area (Å²) in [5.41, 5.74) is 1.81. The Labute approximate surface area is 147 Å². The van der Waals surface area contributed by atoms with Crippen LogP contribution in [0.3, 0.4) is 0 Å². The van der Waals surface area contributed by atoms with E-state index >= 15 is 0 Å². The number of hydrogen-bond acceptors (Lipinski definition) is 4. The normalized spacial score (nSPS) is 16.2. The maximum absolute atomic E-state index is 13.6. The largest absolute Gasteiger partial charge is 0.368 e. The molecule has 25 heavy (non-hydrogen) atoms. The van der Waals surface area contributed by atoms with Crippen LogP contribution in [0.25, 0.3) is 0 Å². The molecule has 0 unspecified atom stereocenters. The number of carbonyl (C=O) groups excluding carboxylic acids is 1. The van der Waals surface area contributed by atoms with Crippen molar-refractivity contribution in [2.24, 2.45) is 0 Å². The second kappa shape index (κ2) is 7.61. The van der Waals surface area contributed by atoms with Crippen LogP contribution < -0.4 is 4.90 Å². The van der Waals surface area contributed by atoms with Gasteiger partial charge < -0.3 is 9.80 Å². The summed E-state index contributed by atoms with van der Waals surface area (Å²) >= 11 is 0. The Morgan fingerprint density at radius 1 is 1.12 bits per heavy atom. The highest BCUT2D eigenvalue weighted by molar-refractivity contribution is 5.83. The van der Waals surface area contributed by atoms with Crippen molar-refractivity contribution in [3.8, 4) is 0 Å². The molecule has 5 nitrogen and oxygen atoms in total. The molecule has 132 valence electrons. The average molecular weight is 342 g/mol. The zero-order valence-electron chi connectivity index (χ0n) is 14.6. The number of likely N-dealkylation sites (N-methyl/N-ethyl adjacent to an activating group) is 1. The number of carbonyl (C=O) groups is 1. The van der Waals surface area contributed by atoms with Crippen LogP contribution >= 0.6 is 0 Å². The fourth-order valence-electron chi connectivity index (χ4n) is 3.25. The molecule has 1 fully saturated rings. The summed E-state index contributed by atoms with van der Waals surface area (Å²) in [5, 5.41) is 0. The lowest BCUT2D eigenvalue weighted by Gasteiger charge is -2.38. The summed E-state index contributed by atoms with van der Waals surface area (Å²) in [5.74, 6) is -0.301. The van der Waals surface area contributed by atoms with Gasteiger partial charge in [-0.2, -0.15) is 0 Å². The minimum atomic E-state index is -0.469. The third-order valence-electron chi connectivity index (χ3n) is 4.53. The van der Waals surface area contributed by atoms with Crippen LogP contribution in [0.15, 0.2) is 48.8 Å². The molecule has 2 aromatic rings. The highest BCUT2D eigenvalue weighted by Gasteiger charge is 2.30. The molecule has 1 amide bonds. The van der Waals surface area contributed by atoms with Crippen molar-refractivity contribution in [2.75, 3.05) is 45.2 Å². The Morgan fingerprint density at radius 3 is 2.40 bits per heavy atom.